The monoisotopic (exact) mass is 240 g/mol. The van der Waals surface area contributed by atoms with E-state index in [1.807, 2.05) is 0 Å². The van der Waals surface area contributed by atoms with Crippen molar-refractivity contribution in [1.82, 2.24) is 9.78 Å². The van der Waals surface area contributed by atoms with E-state index < -0.39 is 36.8 Å². The molecule has 0 aliphatic carbocycles. The molecule has 1 heterocycles. The summed E-state index contributed by atoms with van der Waals surface area (Å²) in [6, 6.07) is 0.529. The maximum absolute atomic E-state index is 12.3. The minimum Gasteiger partial charge on any atom is -0.464 e. The van der Waals surface area contributed by atoms with Crippen molar-refractivity contribution in [1.29, 1.82) is 0 Å². The summed E-state index contributed by atoms with van der Waals surface area (Å²) in [6.45, 7) is -1.36. The topological polar surface area (TPSA) is 44.1 Å². The number of methoxy groups -OCH3 is 1. The Balaban J connectivity index is 3.15. The standard InChI is InChI=1S/C8H8F4N2O2/c1-16-7(15)5-4-6(8(10,11)12)13-14(5)3-2-9/h4H,2-3H2,1H3. The highest BCUT2D eigenvalue weighted by atomic mass is 19.4. The van der Waals surface area contributed by atoms with E-state index in [0.29, 0.717) is 10.7 Å². The highest BCUT2D eigenvalue weighted by Crippen LogP contribution is 2.28. The number of ether oxygens (including phenoxy) is 1. The molecule has 0 aliphatic heterocycles. The second kappa shape index (κ2) is 4.50. The number of nitrogens with zero attached hydrogens (tertiary/aromatic N) is 2. The number of aromatic nitrogens is 2. The lowest BCUT2D eigenvalue weighted by Crippen LogP contribution is -2.13. The van der Waals surface area contributed by atoms with Gasteiger partial charge in [-0.15, -0.1) is 0 Å². The summed E-state index contributed by atoms with van der Waals surface area (Å²) in [5, 5.41) is 3.09. The molecule has 0 saturated carbocycles. The molecule has 0 unspecified atom stereocenters. The van der Waals surface area contributed by atoms with Crippen LogP contribution in [0, 0.1) is 0 Å². The Morgan fingerprint density at radius 2 is 2.19 bits per heavy atom. The van der Waals surface area contributed by atoms with Gasteiger partial charge in [-0.3, -0.25) is 4.68 Å². The fourth-order valence-corrected chi connectivity index (χ4v) is 1.07. The van der Waals surface area contributed by atoms with Crippen molar-refractivity contribution in [3.63, 3.8) is 0 Å². The second-order valence-electron chi connectivity index (χ2n) is 2.82. The molecule has 0 N–H and O–H groups in total. The van der Waals surface area contributed by atoms with Gasteiger partial charge in [-0.1, -0.05) is 0 Å². The van der Waals surface area contributed by atoms with Gasteiger partial charge in [-0.05, 0) is 0 Å². The number of halogens is 4. The fourth-order valence-electron chi connectivity index (χ4n) is 1.07. The van der Waals surface area contributed by atoms with Crippen molar-refractivity contribution < 1.29 is 27.1 Å². The third kappa shape index (κ3) is 2.50. The third-order valence-electron chi connectivity index (χ3n) is 1.76. The van der Waals surface area contributed by atoms with Crippen LogP contribution in [0.1, 0.15) is 16.2 Å². The van der Waals surface area contributed by atoms with Gasteiger partial charge in [-0.2, -0.15) is 18.3 Å². The van der Waals surface area contributed by atoms with Crippen LogP contribution in [0.2, 0.25) is 0 Å². The molecule has 1 aromatic rings. The highest BCUT2D eigenvalue weighted by molar-refractivity contribution is 5.87. The average Bonchev–Trinajstić information content (AvgIpc) is 2.61. The molecular weight excluding hydrogens is 232 g/mol. The van der Waals surface area contributed by atoms with E-state index in [1.54, 1.807) is 0 Å². The first-order valence-electron chi connectivity index (χ1n) is 4.19. The predicted molar refractivity (Wildman–Crippen MR) is 44.5 cm³/mol. The van der Waals surface area contributed by atoms with Crippen molar-refractivity contribution >= 4 is 5.97 Å². The van der Waals surface area contributed by atoms with Crippen LogP contribution < -0.4 is 0 Å². The SMILES string of the molecule is COC(=O)c1cc(C(F)(F)F)nn1CCF. The summed E-state index contributed by atoms with van der Waals surface area (Å²) in [4.78, 5) is 11.1. The Labute approximate surface area is 87.8 Å². The molecule has 0 bridgehead atoms. The summed E-state index contributed by atoms with van der Waals surface area (Å²) in [5.41, 5.74) is -1.67. The maximum atomic E-state index is 12.3. The third-order valence-corrected chi connectivity index (χ3v) is 1.76. The normalized spacial score (nSPS) is 11.6. The van der Waals surface area contributed by atoms with Crippen LogP contribution in [-0.2, 0) is 17.5 Å². The van der Waals surface area contributed by atoms with Crippen molar-refractivity contribution in [3.8, 4) is 0 Å². The molecule has 4 nitrogen and oxygen atoms in total. The molecule has 0 atom stereocenters. The van der Waals surface area contributed by atoms with Crippen LogP contribution in [0.5, 0.6) is 0 Å². The van der Waals surface area contributed by atoms with Crippen LogP contribution in [0.15, 0.2) is 6.07 Å². The van der Waals surface area contributed by atoms with Crippen molar-refractivity contribution in [3.05, 3.63) is 17.5 Å². The van der Waals surface area contributed by atoms with E-state index in [1.165, 1.54) is 0 Å². The minimum absolute atomic E-state index is 0.424. The fraction of sp³-hybridized carbons (Fsp3) is 0.500. The van der Waals surface area contributed by atoms with Crippen molar-refractivity contribution in [2.24, 2.45) is 0 Å². The lowest BCUT2D eigenvalue weighted by atomic mass is 10.3. The van der Waals surface area contributed by atoms with Gasteiger partial charge in [-0.25, -0.2) is 9.18 Å². The van der Waals surface area contributed by atoms with Gasteiger partial charge in [0, 0.05) is 6.07 Å². The summed E-state index contributed by atoms with van der Waals surface area (Å²) in [5.74, 6) is -0.989. The molecular formula is C8H8F4N2O2. The van der Waals surface area contributed by atoms with E-state index in [-0.39, 0.29) is 0 Å². The van der Waals surface area contributed by atoms with Crippen LogP contribution in [0.25, 0.3) is 0 Å². The summed E-state index contributed by atoms with van der Waals surface area (Å²) < 4.78 is 53.7. The Morgan fingerprint density at radius 1 is 1.56 bits per heavy atom. The summed E-state index contributed by atoms with van der Waals surface area (Å²) in [7, 11) is 1.02. The van der Waals surface area contributed by atoms with E-state index in [2.05, 4.69) is 9.84 Å². The molecule has 16 heavy (non-hydrogen) atoms. The molecule has 0 aliphatic rings. The Hall–Kier alpha value is -1.60. The minimum atomic E-state index is -4.68. The zero-order chi connectivity index (χ0) is 12.3. The largest absolute Gasteiger partial charge is 0.464 e. The van der Waals surface area contributed by atoms with Gasteiger partial charge >= 0.3 is 12.1 Å². The molecule has 0 spiro atoms. The molecule has 8 heteroatoms. The van der Waals surface area contributed by atoms with Gasteiger partial charge in [0.1, 0.15) is 12.4 Å². The predicted octanol–water partition coefficient (Wildman–Crippen LogP) is 1.66. The van der Waals surface area contributed by atoms with Gasteiger partial charge < -0.3 is 4.74 Å². The Kier molecular flexibility index (Phi) is 3.51. The highest BCUT2D eigenvalue weighted by Gasteiger charge is 2.36. The zero-order valence-electron chi connectivity index (χ0n) is 8.21. The number of rotatable bonds is 3. The van der Waals surface area contributed by atoms with Gasteiger partial charge in [0.15, 0.2) is 5.69 Å². The smallest absolute Gasteiger partial charge is 0.435 e. The first kappa shape index (κ1) is 12.5. The first-order valence-corrected chi connectivity index (χ1v) is 4.19. The van der Waals surface area contributed by atoms with Crippen LogP contribution in [0.3, 0.4) is 0 Å². The van der Waals surface area contributed by atoms with Crippen molar-refractivity contribution in [2.45, 2.75) is 12.7 Å². The number of alkyl halides is 4. The number of carbonyl (C=O) groups excluding carboxylic acids is 1. The quantitative estimate of drug-likeness (QED) is 0.596. The second-order valence-corrected chi connectivity index (χ2v) is 2.82. The van der Waals surface area contributed by atoms with Crippen molar-refractivity contribution in [2.75, 3.05) is 13.8 Å². The van der Waals surface area contributed by atoms with Crippen LogP contribution in [-0.4, -0.2) is 29.5 Å². The van der Waals surface area contributed by atoms with Crippen LogP contribution >= 0.6 is 0 Å². The Bertz CT molecular complexity index is 386. The molecule has 90 valence electrons. The number of esters is 1. The summed E-state index contributed by atoms with van der Waals surface area (Å²) >= 11 is 0. The zero-order valence-corrected chi connectivity index (χ0v) is 8.21. The Morgan fingerprint density at radius 3 is 2.62 bits per heavy atom. The summed E-state index contributed by atoms with van der Waals surface area (Å²) in [6.07, 6.45) is -4.68. The van der Waals surface area contributed by atoms with Gasteiger partial charge in [0.05, 0.1) is 13.7 Å². The first-order chi connectivity index (χ1) is 7.40. The lowest BCUT2D eigenvalue weighted by Gasteiger charge is -2.02. The number of hydrogen-bond acceptors (Lipinski definition) is 3. The van der Waals surface area contributed by atoms with Crippen LogP contribution in [0.4, 0.5) is 17.6 Å². The van der Waals surface area contributed by atoms with E-state index in [4.69, 9.17) is 0 Å². The molecule has 0 fully saturated rings. The van der Waals surface area contributed by atoms with E-state index in [0.717, 1.165) is 7.11 Å². The molecule has 0 saturated heterocycles. The van der Waals surface area contributed by atoms with Gasteiger partial charge in [0.25, 0.3) is 0 Å². The van der Waals surface area contributed by atoms with Gasteiger partial charge in [0.2, 0.25) is 0 Å². The molecule has 0 aromatic carbocycles. The number of hydrogen-bond donors (Lipinski definition) is 0. The molecule has 0 amide bonds. The maximum Gasteiger partial charge on any atom is 0.435 e. The lowest BCUT2D eigenvalue weighted by molar-refractivity contribution is -0.141. The van der Waals surface area contributed by atoms with E-state index >= 15 is 0 Å². The molecule has 1 rings (SSSR count). The average molecular weight is 240 g/mol. The number of carbonyl (C=O) groups is 1. The molecule has 0 radical (unpaired) electrons. The number of aryl methyl sites for hydroxylation is 1. The van der Waals surface area contributed by atoms with E-state index in [9.17, 15) is 22.4 Å². The molecule has 1 aromatic heterocycles.